The number of nitrogens with zero attached hydrogens (tertiary/aromatic N) is 2. The van der Waals surface area contributed by atoms with Gasteiger partial charge in [-0.3, -0.25) is 0 Å². The van der Waals surface area contributed by atoms with Crippen LogP contribution in [-0.4, -0.2) is 32.9 Å². The van der Waals surface area contributed by atoms with Gasteiger partial charge >= 0.3 is 10.1 Å². The Morgan fingerprint density at radius 1 is 0.920 bits per heavy atom. The third-order valence-corrected chi connectivity index (χ3v) is 5.72. The first-order valence-electron chi connectivity index (χ1n) is 7.10. The molecule has 0 fully saturated rings. The van der Waals surface area contributed by atoms with Crippen LogP contribution >= 0.6 is 0 Å². The molecule has 0 aliphatic heterocycles. The first-order valence-corrected chi connectivity index (χ1v) is 10.4. The Bertz CT molecular complexity index is 1090. The molecule has 0 unspecified atom stereocenters. The molecule has 0 aliphatic carbocycles. The predicted octanol–water partition coefficient (Wildman–Crippen LogP) is 2.04. The lowest BCUT2D eigenvalue weighted by Gasteiger charge is -2.09. The quantitative estimate of drug-likeness (QED) is 0.631. The van der Waals surface area contributed by atoms with Crippen LogP contribution in [0.4, 0.5) is 0 Å². The van der Waals surface area contributed by atoms with E-state index in [9.17, 15) is 16.8 Å². The van der Waals surface area contributed by atoms with Crippen molar-refractivity contribution in [2.75, 3.05) is 6.26 Å². The monoisotopic (exact) mass is 378 g/mol. The fourth-order valence-electron chi connectivity index (χ4n) is 2.13. The lowest BCUT2D eigenvalue weighted by atomic mass is 10.3. The van der Waals surface area contributed by atoms with Gasteiger partial charge in [0.2, 0.25) is 0 Å². The van der Waals surface area contributed by atoms with E-state index in [1.807, 2.05) is 0 Å². The SMILES string of the molecule is CS(=O)(=O)c1ccc(S(=O)(=O)Oc2cccc(-n3cccn3)c2)cc1. The second-order valence-electron chi connectivity index (χ2n) is 5.23. The van der Waals surface area contributed by atoms with Gasteiger partial charge in [0.15, 0.2) is 9.84 Å². The molecule has 3 aromatic rings. The van der Waals surface area contributed by atoms with Crippen molar-refractivity contribution >= 4 is 20.0 Å². The number of rotatable bonds is 5. The zero-order chi connectivity index (χ0) is 18.1. The van der Waals surface area contributed by atoms with Crippen molar-refractivity contribution in [2.45, 2.75) is 9.79 Å². The van der Waals surface area contributed by atoms with E-state index in [4.69, 9.17) is 4.18 Å². The van der Waals surface area contributed by atoms with Crippen molar-refractivity contribution in [3.63, 3.8) is 0 Å². The molecule has 0 N–H and O–H groups in total. The first-order chi connectivity index (χ1) is 11.8. The van der Waals surface area contributed by atoms with Crippen LogP contribution < -0.4 is 4.18 Å². The van der Waals surface area contributed by atoms with Gasteiger partial charge in [0, 0.05) is 24.7 Å². The smallest absolute Gasteiger partial charge is 0.339 e. The lowest BCUT2D eigenvalue weighted by molar-refractivity contribution is 0.485. The highest BCUT2D eigenvalue weighted by molar-refractivity contribution is 7.90. The van der Waals surface area contributed by atoms with Gasteiger partial charge in [-0.1, -0.05) is 6.07 Å². The van der Waals surface area contributed by atoms with E-state index in [0.717, 1.165) is 6.26 Å². The number of benzene rings is 2. The Kier molecular flexibility index (Phi) is 4.36. The molecule has 1 heterocycles. The maximum Gasteiger partial charge on any atom is 0.339 e. The molecule has 2 aromatic carbocycles. The van der Waals surface area contributed by atoms with E-state index in [1.165, 1.54) is 36.4 Å². The summed E-state index contributed by atoms with van der Waals surface area (Å²) in [6.45, 7) is 0. The number of aromatic nitrogens is 2. The maximum atomic E-state index is 12.4. The van der Waals surface area contributed by atoms with Crippen molar-refractivity contribution in [2.24, 2.45) is 0 Å². The summed E-state index contributed by atoms with van der Waals surface area (Å²) in [5.74, 6) is 0.125. The average molecular weight is 378 g/mol. The third kappa shape index (κ3) is 3.89. The predicted molar refractivity (Wildman–Crippen MR) is 90.9 cm³/mol. The zero-order valence-electron chi connectivity index (χ0n) is 13.1. The van der Waals surface area contributed by atoms with Gasteiger partial charge in [0.1, 0.15) is 10.6 Å². The lowest BCUT2D eigenvalue weighted by Crippen LogP contribution is -2.10. The van der Waals surface area contributed by atoms with Gasteiger partial charge in [-0.2, -0.15) is 13.5 Å². The van der Waals surface area contributed by atoms with E-state index in [1.54, 1.807) is 35.3 Å². The van der Waals surface area contributed by atoms with Crippen molar-refractivity contribution in [3.05, 3.63) is 67.0 Å². The minimum atomic E-state index is -4.09. The van der Waals surface area contributed by atoms with E-state index in [-0.39, 0.29) is 15.5 Å². The van der Waals surface area contributed by atoms with E-state index in [2.05, 4.69) is 5.10 Å². The topological polar surface area (TPSA) is 95.3 Å². The van der Waals surface area contributed by atoms with Crippen LogP contribution in [0.15, 0.2) is 76.8 Å². The second-order valence-corrected chi connectivity index (χ2v) is 8.79. The molecule has 7 nitrogen and oxygen atoms in total. The molecule has 25 heavy (non-hydrogen) atoms. The minimum Gasteiger partial charge on any atom is -0.379 e. The van der Waals surface area contributed by atoms with E-state index < -0.39 is 20.0 Å². The molecule has 0 saturated heterocycles. The summed E-state index contributed by atoms with van der Waals surface area (Å²) < 4.78 is 54.3. The van der Waals surface area contributed by atoms with Crippen molar-refractivity contribution < 1.29 is 21.0 Å². The Hall–Kier alpha value is -2.65. The number of hydrogen-bond donors (Lipinski definition) is 0. The van der Waals surface area contributed by atoms with Gasteiger partial charge in [-0.15, -0.1) is 0 Å². The molecule has 0 amide bonds. The third-order valence-electron chi connectivity index (χ3n) is 3.33. The van der Waals surface area contributed by atoms with Gasteiger partial charge < -0.3 is 4.18 Å². The van der Waals surface area contributed by atoms with E-state index in [0.29, 0.717) is 5.69 Å². The zero-order valence-corrected chi connectivity index (χ0v) is 14.7. The molecule has 0 spiro atoms. The van der Waals surface area contributed by atoms with Crippen LogP contribution in [0.1, 0.15) is 0 Å². The fourth-order valence-corrected chi connectivity index (χ4v) is 3.68. The van der Waals surface area contributed by atoms with Gasteiger partial charge in [-0.05, 0) is 42.5 Å². The summed E-state index contributed by atoms with van der Waals surface area (Å²) in [5.41, 5.74) is 0.644. The van der Waals surface area contributed by atoms with Crippen LogP contribution in [0.3, 0.4) is 0 Å². The molecule has 1 aromatic heterocycles. The van der Waals surface area contributed by atoms with Crippen LogP contribution in [0.25, 0.3) is 5.69 Å². The largest absolute Gasteiger partial charge is 0.379 e. The maximum absolute atomic E-state index is 12.4. The molecule has 3 rings (SSSR count). The summed E-state index contributed by atoms with van der Waals surface area (Å²) in [6, 6.07) is 13.0. The summed E-state index contributed by atoms with van der Waals surface area (Å²) in [4.78, 5) is -0.100. The number of sulfone groups is 1. The van der Waals surface area contributed by atoms with Crippen LogP contribution in [0.5, 0.6) is 5.75 Å². The average Bonchev–Trinajstić information content (AvgIpc) is 3.08. The summed E-state index contributed by atoms with van der Waals surface area (Å²) >= 11 is 0. The first kappa shape index (κ1) is 17.2. The van der Waals surface area contributed by atoms with Crippen molar-refractivity contribution in [1.82, 2.24) is 9.78 Å². The van der Waals surface area contributed by atoms with E-state index >= 15 is 0 Å². The van der Waals surface area contributed by atoms with Crippen molar-refractivity contribution in [1.29, 1.82) is 0 Å². The normalized spacial score (nSPS) is 12.0. The van der Waals surface area contributed by atoms with Crippen LogP contribution in [0, 0.1) is 0 Å². The molecular formula is C16H14N2O5S2. The Morgan fingerprint density at radius 2 is 1.60 bits per heavy atom. The molecular weight excluding hydrogens is 364 g/mol. The molecule has 0 saturated carbocycles. The Morgan fingerprint density at radius 3 is 2.20 bits per heavy atom. The summed E-state index contributed by atoms with van der Waals surface area (Å²) in [7, 11) is -7.49. The minimum absolute atomic E-state index is 0.0344. The summed E-state index contributed by atoms with van der Waals surface area (Å²) in [6.07, 6.45) is 4.37. The van der Waals surface area contributed by atoms with Gasteiger partial charge in [0.25, 0.3) is 0 Å². The van der Waals surface area contributed by atoms with Crippen LogP contribution in [-0.2, 0) is 20.0 Å². The highest BCUT2D eigenvalue weighted by Crippen LogP contribution is 2.22. The fraction of sp³-hybridized carbons (Fsp3) is 0.0625. The highest BCUT2D eigenvalue weighted by Gasteiger charge is 2.18. The second kappa shape index (κ2) is 6.34. The van der Waals surface area contributed by atoms with Crippen molar-refractivity contribution in [3.8, 4) is 11.4 Å². The standard InChI is InChI=1S/C16H14N2O5S2/c1-24(19,20)15-6-8-16(9-7-15)25(21,22)23-14-5-2-4-13(12-14)18-11-3-10-17-18/h2-12H,1H3. The molecule has 9 heteroatoms. The molecule has 130 valence electrons. The molecule has 0 atom stereocenters. The highest BCUT2D eigenvalue weighted by atomic mass is 32.2. The Balaban J connectivity index is 1.88. The Labute approximate surface area is 145 Å². The summed E-state index contributed by atoms with van der Waals surface area (Å²) in [5, 5.41) is 4.07. The number of hydrogen-bond acceptors (Lipinski definition) is 6. The molecule has 0 radical (unpaired) electrons. The van der Waals surface area contributed by atoms with Crippen LogP contribution in [0.2, 0.25) is 0 Å². The van der Waals surface area contributed by atoms with Gasteiger partial charge in [-0.25, -0.2) is 13.1 Å². The molecule has 0 bridgehead atoms. The molecule has 0 aliphatic rings. The van der Waals surface area contributed by atoms with Gasteiger partial charge in [0.05, 0.1) is 10.6 Å².